The van der Waals surface area contributed by atoms with Gasteiger partial charge in [-0.15, -0.1) is 0 Å². The van der Waals surface area contributed by atoms with Crippen LogP contribution in [0.2, 0.25) is 0 Å². The molecule has 0 aromatic heterocycles. The van der Waals surface area contributed by atoms with Crippen molar-refractivity contribution >= 4 is 0 Å². The lowest BCUT2D eigenvalue weighted by molar-refractivity contribution is -0.138. The van der Waals surface area contributed by atoms with E-state index >= 15 is 0 Å². The molecule has 0 aliphatic heterocycles. The van der Waals surface area contributed by atoms with Gasteiger partial charge in [-0.25, -0.2) is 0 Å². The third-order valence-electron chi connectivity index (χ3n) is 3.30. The molecular weight excluding hydrogens is 335 g/mol. The largest absolute Gasteiger partial charge is 0.497 e. The molecule has 2 aromatic rings. The fourth-order valence-corrected chi connectivity index (χ4v) is 2.19. The molecule has 0 heterocycles. The van der Waals surface area contributed by atoms with Crippen LogP contribution in [0.5, 0.6) is 11.5 Å². The standard InChI is InChI=1S/C16H13F5O3/c1-23-11-4-2-9(8-22)13(7-11)12-5-3-10(16(19,20)21)6-14(12)24-15(17)18/h2-7,15,22H,8H2,1H3. The van der Waals surface area contributed by atoms with Crippen LogP contribution in [0.25, 0.3) is 11.1 Å². The monoisotopic (exact) mass is 348 g/mol. The number of alkyl halides is 5. The van der Waals surface area contributed by atoms with Gasteiger partial charge in [-0.2, -0.15) is 22.0 Å². The minimum absolute atomic E-state index is 0.00810. The second-order valence-corrected chi connectivity index (χ2v) is 4.77. The van der Waals surface area contributed by atoms with Gasteiger partial charge in [0.2, 0.25) is 0 Å². The maximum atomic E-state index is 12.8. The van der Waals surface area contributed by atoms with E-state index in [-0.39, 0.29) is 11.1 Å². The van der Waals surface area contributed by atoms with Crippen molar-refractivity contribution < 1.29 is 36.5 Å². The number of ether oxygens (including phenoxy) is 2. The van der Waals surface area contributed by atoms with Gasteiger partial charge in [0.15, 0.2) is 0 Å². The van der Waals surface area contributed by atoms with E-state index in [0.29, 0.717) is 17.4 Å². The Labute approximate surface area is 134 Å². The average molecular weight is 348 g/mol. The van der Waals surface area contributed by atoms with Crippen LogP contribution in [-0.4, -0.2) is 18.8 Å². The van der Waals surface area contributed by atoms with Crippen LogP contribution in [0.1, 0.15) is 11.1 Å². The molecule has 2 rings (SSSR count). The molecule has 0 bridgehead atoms. The molecule has 3 nitrogen and oxygen atoms in total. The quantitative estimate of drug-likeness (QED) is 0.810. The van der Waals surface area contributed by atoms with E-state index in [1.54, 1.807) is 0 Å². The summed E-state index contributed by atoms with van der Waals surface area (Å²) in [5.41, 5.74) is -0.558. The number of hydrogen-bond acceptors (Lipinski definition) is 3. The van der Waals surface area contributed by atoms with Crippen molar-refractivity contribution in [3.8, 4) is 22.6 Å². The van der Waals surface area contributed by atoms with E-state index in [9.17, 15) is 27.1 Å². The van der Waals surface area contributed by atoms with E-state index in [4.69, 9.17) is 4.74 Å². The number of rotatable bonds is 5. The molecule has 0 aliphatic carbocycles. The highest BCUT2D eigenvalue weighted by atomic mass is 19.4. The second-order valence-electron chi connectivity index (χ2n) is 4.77. The highest BCUT2D eigenvalue weighted by molar-refractivity contribution is 5.75. The number of methoxy groups -OCH3 is 1. The first kappa shape index (κ1) is 18.0. The summed E-state index contributed by atoms with van der Waals surface area (Å²) in [5, 5.41) is 9.39. The summed E-state index contributed by atoms with van der Waals surface area (Å²) in [6, 6.07) is 6.72. The average Bonchev–Trinajstić information content (AvgIpc) is 2.52. The molecule has 0 unspecified atom stereocenters. The first-order chi connectivity index (χ1) is 11.3. The number of benzene rings is 2. The lowest BCUT2D eigenvalue weighted by atomic mass is 9.97. The third-order valence-corrected chi connectivity index (χ3v) is 3.30. The van der Waals surface area contributed by atoms with Crippen molar-refractivity contribution in [3.05, 3.63) is 47.5 Å². The molecule has 24 heavy (non-hydrogen) atoms. The van der Waals surface area contributed by atoms with Crippen molar-refractivity contribution in [1.82, 2.24) is 0 Å². The molecule has 1 N–H and O–H groups in total. The topological polar surface area (TPSA) is 38.7 Å². The predicted molar refractivity (Wildman–Crippen MR) is 76.0 cm³/mol. The summed E-state index contributed by atoms with van der Waals surface area (Å²) in [6.45, 7) is -3.73. The van der Waals surface area contributed by atoms with Gasteiger partial charge in [-0.05, 0) is 35.4 Å². The number of hydrogen-bond donors (Lipinski definition) is 1. The summed E-state index contributed by atoms with van der Waals surface area (Å²) in [4.78, 5) is 0. The molecule has 0 aliphatic rings. The molecule has 2 aromatic carbocycles. The Morgan fingerprint density at radius 2 is 1.75 bits per heavy atom. The van der Waals surface area contributed by atoms with Crippen molar-refractivity contribution in [1.29, 1.82) is 0 Å². The number of aliphatic hydroxyl groups is 1. The highest BCUT2D eigenvalue weighted by Gasteiger charge is 2.32. The number of halogens is 5. The SMILES string of the molecule is COc1ccc(CO)c(-c2ccc(C(F)(F)F)cc2OC(F)F)c1. The van der Waals surface area contributed by atoms with Gasteiger partial charge in [0.05, 0.1) is 19.3 Å². The van der Waals surface area contributed by atoms with Gasteiger partial charge in [0, 0.05) is 5.56 Å². The second kappa shape index (κ2) is 7.04. The van der Waals surface area contributed by atoms with Crippen molar-refractivity contribution in [2.24, 2.45) is 0 Å². The summed E-state index contributed by atoms with van der Waals surface area (Å²) >= 11 is 0. The highest BCUT2D eigenvalue weighted by Crippen LogP contribution is 2.40. The molecule has 0 radical (unpaired) electrons. The van der Waals surface area contributed by atoms with Crippen molar-refractivity contribution in [2.45, 2.75) is 19.4 Å². The van der Waals surface area contributed by atoms with Gasteiger partial charge < -0.3 is 14.6 Å². The van der Waals surface area contributed by atoms with Gasteiger partial charge >= 0.3 is 12.8 Å². The fraction of sp³-hybridized carbons (Fsp3) is 0.250. The van der Waals surface area contributed by atoms with E-state index in [1.807, 2.05) is 0 Å². The minimum atomic E-state index is -4.70. The zero-order chi connectivity index (χ0) is 17.9. The van der Waals surface area contributed by atoms with Crippen LogP contribution >= 0.6 is 0 Å². The Bertz CT molecular complexity index is 713. The van der Waals surface area contributed by atoms with Crippen molar-refractivity contribution in [2.75, 3.05) is 7.11 Å². The van der Waals surface area contributed by atoms with E-state index in [1.165, 1.54) is 25.3 Å². The lowest BCUT2D eigenvalue weighted by Crippen LogP contribution is -2.08. The molecule has 0 fully saturated rings. The molecule has 0 spiro atoms. The van der Waals surface area contributed by atoms with Crippen molar-refractivity contribution in [3.63, 3.8) is 0 Å². The molecule has 0 amide bonds. The minimum Gasteiger partial charge on any atom is -0.497 e. The Balaban J connectivity index is 2.64. The van der Waals surface area contributed by atoms with Gasteiger partial charge in [0.25, 0.3) is 0 Å². The Kier molecular flexibility index (Phi) is 5.28. The Morgan fingerprint density at radius 1 is 1.04 bits per heavy atom. The van der Waals surface area contributed by atoms with Gasteiger partial charge in [-0.3, -0.25) is 0 Å². The maximum absolute atomic E-state index is 12.8. The van der Waals surface area contributed by atoms with Crippen LogP contribution in [0, 0.1) is 0 Å². The van der Waals surface area contributed by atoms with E-state index in [0.717, 1.165) is 12.1 Å². The van der Waals surface area contributed by atoms with E-state index in [2.05, 4.69) is 4.74 Å². The molecule has 130 valence electrons. The molecule has 0 saturated carbocycles. The smallest absolute Gasteiger partial charge is 0.416 e. The maximum Gasteiger partial charge on any atom is 0.416 e. The fourth-order valence-electron chi connectivity index (χ4n) is 2.19. The normalized spacial score (nSPS) is 11.7. The van der Waals surface area contributed by atoms with E-state index < -0.39 is 30.7 Å². The first-order valence-corrected chi connectivity index (χ1v) is 6.70. The van der Waals surface area contributed by atoms with Crippen LogP contribution in [0.15, 0.2) is 36.4 Å². The van der Waals surface area contributed by atoms with Crippen LogP contribution in [0.3, 0.4) is 0 Å². The summed E-state index contributed by atoms with van der Waals surface area (Å²) in [7, 11) is 1.38. The molecule has 0 saturated heterocycles. The molecular formula is C16H13F5O3. The van der Waals surface area contributed by atoms with Gasteiger partial charge in [-0.1, -0.05) is 12.1 Å². The third kappa shape index (κ3) is 3.94. The zero-order valence-electron chi connectivity index (χ0n) is 12.4. The molecule has 8 heteroatoms. The van der Waals surface area contributed by atoms with Crippen LogP contribution in [-0.2, 0) is 12.8 Å². The summed E-state index contributed by atoms with van der Waals surface area (Å²) in [6.07, 6.45) is -4.70. The van der Waals surface area contributed by atoms with Gasteiger partial charge in [0.1, 0.15) is 11.5 Å². The zero-order valence-corrected chi connectivity index (χ0v) is 12.4. The van der Waals surface area contributed by atoms with Crippen LogP contribution < -0.4 is 9.47 Å². The summed E-state index contributed by atoms with van der Waals surface area (Å²) < 4.78 is 72.9. The van der Waals surface area contributed by atoms with Crippen LogP contribution in [0.4, 0.5) is 22.0 Å². The Morgan fingerprint density at radius 3 is 2.29 bits per heavy atom. The Hall–Kier alpha value is -2.35. The lowest BCUT2D eigenvalue weighted by Gasteiger charge is -2.16. The summed E-state index contributed by atoms with van der Waals surface area (Å²) in [5.74, 6) is -0.284. The number of aliphatic hydroxyl groups excluding tert-OH is 1. The first-order valence-electron chi connectivity index (χ1n) is 6.70. The molecule has 0 atom stereocenters. The predicted octanol–water partition coefficient (Wildman–Crippen LogP) is 4.47.